The van der Waals surface area contributed by atoms with Crippen LogP contribution in [0, 0.1) is 0 Å². The van der Waals surface area contributed by atoms with E-state index in [1.807, 2.05) is 48.5 Å². The minimum atomic E-state index is -1.14. The molecule has 0 unspecified atom stereocenters. The Morgan fingerprint density at radius 1 is 1.03 bits per heavy atom. The minimum absolute atomic E-state index is 0.000830. The highest BCUT2D eigenvalue weighted by atomic mass is 35.5. The van der Waals surface area contributed by atoms with E-state index in [2.05, 4.69) is 0 Å². The van der Waals surface area contributed by atoms with E-state index < -0.39 is 17.5 Å². The molecule has 8 heteroatoms. The van der Waals surface area contributed by atoms with Crippen LogP contribution in [0.15, 0.2) is 66.7 Å². The molecule has 2 atom stereocenters. The first kappa shape index (κ1) is 20.7. The molecule has 1 N–H and O–H groups in total. The van der Waals surface area contributed by atoms with Crippen molar-refractivity contribution in [3.63, 3.8) is 0 Å². The SMILES string of the molecule is O=C(O)c1cc(N2CCOC2=O)cc(N2C(=O)[C@]3(C[C@@H]3c3ccc(Cl)cc3)c3ccccc32)c1. The number of amides is 2. The number of anilines is 3. The van der Waals surface area contributed by atoms with E-state index in [-0.39, 0.29) is 24.0 Å². The van der Waals surface area contributed by atoms with Gasteiger partial charge >= 0.3 is 12.1 Å². The van der Waals surface area contributed by atoms with Gasteiger partial charge in [-0.1, -0.05) is 41.9 Å². The number of rotatable bonds is 4. The van der Waals surface area contributed by atoms with Crippen LogP contribution in [0.25, 0.3) is 0 Å². The number of halogens is 1. The van der Waals surface area contributed by atoms with Gasteiger partial charge in [-0.05, 0) is 53.9 Å². The molecule has 1 aliphatic carbocycles. The van der Waals surface area contributed by atoms with Gasteiger partial charge in [0.15, 0.2) is 0 Å². The third kappa shape index (κ3) is 2.93. The van der Waals surface area contributed by atoms with Crippen molar-refractivity contribution in [1.29, 1.82) is 0 Å². The third-order valence-corrected chi connectivity index (χ3v) is 7.18. The van der Waals surface area contributed by atoms with Crippen LogP contribution in [0.1, 0.15) is 33.8 Å². The second-order valence-corrected chi connectivity index (χ2v) is 9.18. The molecule has 34 heavy (non-hydrogen) atoms. The number of para-hydroxylation sites is 1. The van der Waals surface area contributed by atoms with Crippen molar-refractivity contribution in [2.75, 3.05) is 23.0 Å². The molecule has 3 aromatic carbocycles. The van der Waals surface area contributed by atoms with Gasteiger partial charge in [0.1, 0.15) is 6.61 Å². The molecule has 0 bridgehead atoms. The van der Waals surface area contributed by atoms with E-state index in [1.165, 1.54) is 17.0 Å². The Morgan fingerprint density at radius 2 is 1.76 bits per heavy atom. The topological polar surface area (TPSA) is 87.2 Å². The van der Waals surface area contributed by atoms with Gasteiger partial charge in [0.05, 0.1) is 34.6 Å². The predicted molar refractivity (Wildman–Crippen MR) is 126 cm³/mol. The molecule has 3 aliphatic rings. The quantitative estimate of drug-likeness (QED) is 0.568. The number of hydrogen-bond donors (Lipinski definition) is 1. The summed E-state index contributed by atoms with van der Waals surface area (Å²) in [7, 11) is 0. The Kier molecular flexibility index (Phi) is 4.47. The van der Waals surface area contributed by atoms with Crippen molar-refractivity contribution in [1.82, 2.24) is 0 Å². The van der Waals surface area contributed by atoms with E-state index >= 15 is 0 Å². The van der Waals surface area contributed by atoms with Crippen LogP contribution in [0.3, 0.4) is 0 Å². The highest BCUT2D eigenvalue weighted by Gasteiger charge is 2.67. The molecule has 1 saturated carbocycles. The number of aromatic carboxylic acids is 1. The van der Waals surface area contributed by atoms with Gasteiger partial charge in [0.25, 0.3) is 0 Å². The lowest BCUT2D eigenvalue weighted by atomic mass is 9.92. The number of carbonyl (C=O) groups is 3. The molecular formula is C26H19ClN2O5. The first-order chi connectivity index (χ1) is 16.4. The van der Waals surface area contributed by atoms with Gasteiger partial charge in [0.2, 0.25) is 5.91 Å². The zero-order valence-electron chi connectivity index (χ0n) is 17.9. The van der Waals surface area contributed by atoms with Crippen molar-refractivity contribution in [2.45, 2.75) is 17.8 Å². The van der Waals surface area contributed by atoms with Gasteiger partial charge in [-0.2, -0.15) is 0 Å². The highest BCUT2D eigenvalue weighted by Crippen LogP contribution is 2.67. The zero-order chi connectivity index (χ0) is 23.6. The molecule has 2 amide bonds. The van der Waals surface area contributed by atoms with E-state index in [1.54, 1.807) is 11.0 Å². The lowest BCUT2D eigenvalue weighted by molar-refractivity contribution is -0.119. The fourth-order valence-corrected chi connectivity index (χ4v) is 5.38. The number of carbonyl (C=O) groups excluding carboxylic acids is 2. The van der Waals surface area contributed by atoms with Crippen LogP contribution < -0.4 is 9.80 Å². The van der Waals surface area contributed by atoms with E-state index in [0.717, 1.165) is 16.8 Å². The summed E-state index contributed by atoms with van der Waals surface area (Å²) in [5.74, 6) is -1.25. The van der Waals surface area contributed by atoms with E-state index in [0.29, 0.717) is 29.4 Å². The number of ether oxygens (including phenoxy) is 1. The van der Waals surface area contributed by atoms with Crippen LogP contribution in [0.2, 0.25) is 5.02 Å². The maximum Gasteiger partial charge on any atom is 0.414 e. The lowest BCUT2D eigenvalue weighted by Gasteiger charge is -2.22. The Bertz CT molecular complexity index is 1370. The average molecular weight is 475 g/mol. The number of carboxylic acid groups (broad SMARTS) is 1. The number of carboxylic acids is 1. The van der Waals surface area contributed by atoms with Crippen molar-refractivity contribution >= 4 is 46.6 Å². The molecule has 3 aromatic rings. The first-order valence-electron chi connectivity index (χ1n) is 10.9. The molecule has 6 rings (SSSR count). The Labute approximate surface area is 200 Å². The van der Waals surface area contributed by atoms with Crippen molar-refractivity contribution in [3.8, 4) is 0 Å². The summed E-state index contributed by atoms with van der Waals surface area (Å²) in [6, 6.07) is 19.7. The molecule has 0 aromatic heterocycles. The van der Waals surface area contributed by atoms with E-state index in [9.17, 15) is 19.5 Å². The molecule has 7 nitrogen and oxygen atoms in total. The summed E-state index contributed by atoms with van der Waals surface area (Å²) in [6.07, 6.45) is 0.119. The van der Waals surface area contributed by atoms with Crippen molar-refractivity contribution < 1.29 is 24.2 Å². The van der Waals surface area contributed by atoms with E-state index in [4.69, 9.17) is 16.3 Å². The Hall–Kier alpha value is -3.84. The molecule has 2 aliphatic heterocycles. The molecule has 170 valence electrons. The number of nitrogens with zero attached hydrogens (tertiary/aromatic N) is 2. The van der Waals surface area contributed by atoms with Gasteiger partial charge in [-0.15, -0.1) is 0 Å². The number of hydrogen-bond acceptors (Lipinski definition) is 4. The lowest BCUT2D eigenvalue weighted by Crippen LogP contribution is -2.30. The van der Waals surface area contributed by atoms with Gasteiger partial charge in [-0.3, -0.25) is 14.6 Å². The average Bonchev–Trinajstić information content (AvgIpc) is 3.36. The highest BCUT2D eigenvalue weighted by molar-refractivity contribution is 6.30. The first-order valence-corrected chi connectivity index (χ1v) is 11.3. The molecule has 2 fully saturated rings. The fourth-order valence-electron chi connectivity index (χ4n) is 5.25. The maximum absolute atomic E-state index is 14.0. The van der Waals surface area contributed by atoms with Crippen LogP contribution in [0.5, 0.6) is 0 Å². The summed E-state index contributed by atoms with van der Waals surface area (Å²) in [5.41, 5.74) is 2.75. The molecule has 2 heterocycles. The second-order valence-electron chi connectivity index (χ2n) is 8.75. The Morgan fingerprint density at radius 3 is 2.47 bits per heavy atom. The summed E-state index contributed by atoms with van der Waals surface area (Å²) in [5, 5.41) is 10.4. The predicted octanol–water partition coefficient (Wildman–Crippen LogP) is 5.10. The number of benzene rings is 3. The standard InChI is InChI=1S/C26H19ClN2O5/c27-17-7-5-15(6-8-17)21-14-26(21)20-3-1-2-4-22(20)29(24(26)32)19-12-16(23(30)31)11-18(13-19)28-9-10-34-25(28)33/h1-8,11-13,21H,9-10,14H2,(H,30,31)/t21-,26-/m1/s1. The summed E-state index contributed by atoms with van der Waals surface area (Å²) < 4.78 is 5.03. The summed E-state index contributed by atoms with van der Waals surface area (Å²) >= 11 is 6.06. The monoisotopic (exact) mass is 474 g/mol. The zero-order valence-corrected chi connectivity index (χ0v) is 18.7. The van der Waals surface area contributed by atoms with Gasteiger partial charge in [-0.25, -0.2) is 9.59 Å². The molecular weight excluding hydrogens is 456 g/mol. The fraction of sp³-hybridized carbons (Fsp3) is 0.192. The number of cyclic esters (lactones) is 1. The maximum atomic E-state index is 14.0. The Balaban J connectivity index is 1.47. The molecule has 1 spiro atoms. The van der Waals surface area contributed by atoms with Crippen molar-refractivity contribution in [3.05, 3.63) is 88.4 Å². The summed E-state index contributed by atoms with van der Waals surface area (Å²) in [6.45, 7) is 0.539. The largest absolute Gasteiger partial charge is 0.478 e. The normalized spacial score (nSPS) is 22.8. The van der Waals surface area contributed by atoms with Crippen LogP contribution in [0.4, 0.5) is 21.9 Å². The van der Waals surface area contributed by atoms with Gasteiger partial charge < -0.3 is 9.84 Å². The molecule has 1 saturated heterocycles. The van der Waals surface area contributed by atoms with Crippen LogP contribution >= 0.6 is 11.6 Å². The van der Waals surface area contributed by atoms with Gasteiger partial charge in [0, 0.05) is 10.9 Å². The summed E-state index contributed by atoms with van der Waals surface area (Å²) in [4.78, 5) is 41.0. The minimum Gasteiger partial charge on any atom is -0.478 e. The van der Waals surface area contributed by atoms with Crippen LogP contribution in [-0.2, 0) is 14.9 Å². The third-order valence-electron chi connectivity index (χ3n) is 6.92. The van der Waals surface area contributed by atoms with Crippen LogP contribution in [-0.4, -0.2) is 36.2 Å². The second kappa shape index (κ2) is 7.33. The number of fused-ring (bicyclic) bond motifs is 2. The molecule has 0 radical (unpaired) electrons. The smallest absolute Gasteiger partial charge is 0.414 e. The van der Waals surface area contributed by atoms with Crippen molar-refractivity contribution in [2.24, 2.45) is 0 Å².